The van der Waals surface area contributed by atoms with Crippen molar-refractivity contribution in [3.63, 3.8) is 0 Å². The quantitative estimate of drug-likeness (QED) is 0.421. The Morgan fingerprint density at radius 1 is 1.16 bits per heavy atom. The molecule has 1 saturated heterocycles. The van der Waals surface area contributed by atoms with Gasteiger partial charge in [0.25, 0.3) is 0 Å². The summed E-state index contributed by atoms with van der Waals surface area (Å²) in [5.41, 5.74) is 0.747. The number of hydrogen-bond donors (Lipinski definition) is 2. The monoisotopic (exact) mass is 531 g/mol. The Morgan fingerprint density at radius 2 is 1.86 bits per heavy atom. The summed E-state index contributed by atoms with van der Waals surface area (Å²) in [7, 11) is 1.61. The van der Waals surface area contributed by atoms with Crippen molar-refractivity contribution in [2.24, 2.45) is 5.92 Å². The maximum atomic E-state index is 13.4. The number of carbonyl (C=O) groups is 2. The second-order valence-electron chi connectivity index (χ2n) is 10.8. The van der Waals surface area contributed by atoms with Crippen molar-refractivity contribution in [2.75, 3.05) is 25.2 Å². The summed E-state index contributed by atoms with van der Waals surface area (Å²) in [6, 6.07) is 5.86. The molecule has 1 aromatic carbocycles. The average Bonchev–Trinajstić information content (AvgIpc) is 3.28. The maximum absolute atomic E-state index is 13.4. The van der Waals surface area contributed by atoms with Crippen molar-refractivity contribution in [2.45, 2.75) is 83.5 Å². The number of amides is 2. The first kappa shape index (κ1) is 29.2. The van der Waals surface area contributed by atoms with Crippen molar-refractivity contribution in [1.82, 2.24) is 15.7 Å². The van der Waals surface area contributed by atoms with Crippen molar-refractivity contribution < 1.29 is 24.0 Å². The van der Waals surface area contributed by atoms with Crippen LogP contribution >= 0.6 is 11.8 Å². The zero-order valence-electron chi connectivity index (χ0n) is 22.5. The topological polar surface area (TPSA) is 97.0 Å². The molecule has 0 radical (unpaired) electrons. The number of benzene rings is 1. The van der Waals surface area contributed by atoms with Crippen molar-refractivity contribution in [3.8, 4) is 5.75 Å². The van der Waals surface area contributed by atoms with Gasteiger partial charge in [-0.25, -0.2) is 4.79 Å². The number of ether oxygens (including phenoxy) is 1. The third kappa shape index (κ3) is 9.18. The van der Waals surface area contributed by atoms with Crippen LogP contribution in [-0.4, -0.2) is 65.7 Å². The molecule has 8 nitrogen and oxygen atoms in total. The molecule has 1 aliphatic carbocycles. The van der Waals surface area contributed by atoms with Gasteiger partial charge in [0.15, 0.2) is 0 Å². The molecule has 3 rings (SSSR count). The minimum Gasteiger partial charge on any atom is -0.497 e. The average molecular weight is 532 g/mol. The SMILES string of the molecule is COc1ccc(CNC(=O)[C@H](CSCC2CCCCC2)NC(=O)[C@@H]2C(=C=O)CCN2OC(C)(C)C)cc1. The van der Waals surface area contributed by atoms with Gasteiger partial charge in [-0.1, -0.05) is 31.4 Å². The summed E-state index contributed by atoms with van der Waals surface area (Å²) in [5, 5.41) is 7.42. The molecule has 2 aliphatic rings. The summed E-state index contributed by atoms with van der Waals surface area (Å²) < 4.78 is 5.20. The molecule has 2 fully saturated rings. The Bertz CT molecular complexity index is 950. The molecular weight excluding hydrogens is 490 g/mol. The van der Waals surface area contributed by atoms with Gasteiger partial charge in [-0.05, 0) is 69.4 Å². The smallest absolute Gasteiger partial charge is 0.245 e. The number of carbonyl (C=O) groups excluding carboxylic acids is 3. The number of hydrogen-bond acceptors (Lipinski definition) is 7. The van der Waals surface area contributed by atoms with E-state index in [9.17, 15) is 14.4 Å². The van der Waals surface area contributed by atoms with E-state index >= 15 is 0 Å². The van der Waals surface area contributed by atoms with Crippen LogP contribution in [0.15, 0.2) is 29.8 Å². The Labute approximate surface area is 224 Å². The predicted molar refractivity (Wildman–Crippen MR) is 146 cm³/mol. The molecule has 1 saturated carbocycles. The highest BCUT2D eigenvalue weighted by atomic mass is 32.2. The number of thioether (sulfide) groups is 1. The van der Waals surface area contributed by atoms with E-state index in [0.29, 0.717) is 36.8 Å². The van der Waals surface area contributed by atoms with E-state index in [1.807, 2.05) is 51.0 Å². The van der Waals surface area contributed by atoms with Gasteiger partial charge >= 0.3 is 0 Å². The van der Waals surface area contributed by atoms with E-state index < -0.39 is 23.6 Å². The van der Waals surface area contributed by atoms with Gasteiger partial charge in [0.05, 0.1) is 12.7 Å². The maximum Gasteiger partial charge on any atom is 0.245 e. The largest absolute Gasteiger partial charge is 0.497 e. The first-order valence-electron chi connectivity index (χ1n) is 13.2. The molecular formula is C28H41N3O5S. The van der Waals surface area contributed by atoms with Crippen molar-refractivity contribution >= 4 is 29.5 Å². The van der Waals surface area contributed by atoms with Crippen LogP contribution in [0.1, 0.15) is 64.9 Å². The highest BCUT2D eigenvalue weighted by Gasteiger charge is 2.40. The van der Waals surface area contributed by atoms with E-state index in [4.69, 9.17) is 9.57 Å². The molecule has 0 spiro atoms. The highest BCUT2D eigenvalue weighted by Crippen LogP contribution is 2.28. The summed E-state index contributed by atoms with van der Waals surface area (Å²) in [5.74, 6) is 4.10. The summed E-state index contributed by atoms with van der Waals surface area (Å²) >= 11 is 1.70. The normalized spacial score (nSPS) is 19.8. The van der Waals surface area contributed by atoms with Gasteiger partial charge < -0.3 is 15.4 Å². The van der Waals surface area contributed by atoms with Crippen LogP contribution in [-0.2, 0) is 25.8 Å². The van der Waals surface area contributed by atoms with E-state index in [-0.39, 0.29) is 5.91 Å². The number of methoxy groups -OCH3 is 1. The fourth-order valence-electron chi connectivity index (χ4n) is 4.71. The molecule has 1 aromatic rings. The van der Waals surface area contributed by atoms with E-state index in [0.717, 1.165) is 17.1 Å². The Balaban J connectivity index is 1.67. The van der Waals surface area contributed by atoms with E-state index in [1.165, 1.54) is 37.2 Å². The van der Waals surface area contributed by atoms with E-state index in [1.54, 1.807) is 18.9 Å². The first-order chi connectivity index (χ1) is 17.7. The molecule has 9 heteroatoms. The Kier molecular flexibility index (Phi) is 11.1. The second-order valence-corrected chi connectivity index (χ2v) is 11.9. The summed E-state index contributed by atoms with van der Waals surface area (Å²) in [6.07, 6.45) is 6.68. The van der Waals surface area contributed by atoms with Gasteiger partial charge in [0.2, 0.25) is 11.8 Å². The van der Waals surface area contributed by atoms with Crippen LogP contribution < -0.4 is 15.4 Å². The molecule has 0 aromatic heterocycles. The molecule has 37 heavy (non-hydrogen) atoms. The van der Waals surface area contributed by atoms with Crippen LogP contribution in [0.4, 0.5) is 0 Å². The fraction of sp³-hybridized carbons (Fsp3) is 0.643. The minimum absolute atomic E-state index is 0.252. The number of nitrogens with one attached hydrogen (secondary N) is 2. The lowest BCUT2D eigenvalue weighted by atomic mass is 9.91. The summed E-state index contributed by atoms with van der Waals surface area (Å²) in [6.45, 7) is 6.43. The van der Waals surface area contributed by atoms with Gasteiger partial charge in [-0.15, -0.1) is 0 Å². The zero-order valence-corrected chi connectivity index (χ0v) is 23.3. The second kappa shape index (κ2) is 14.0. The molecule has 1 aliphatic heterocycles. The lowest BCUT2D eigenvalue weighted by molar-refractivity contribution is -0.231. The van der Waals surface area contributed by atoms with Crippen LogP contribution in [0.5, 0.6) is 5.75 Å². The highest BCUT2D eigenvalue weighted by molar-refractivity contribution is 7.99. The van der Waals surface area contributed by atoms with Gasteiger partial charge in [-0.3, -0.25) is 14.4 Å². The molecule has 2 amide bonds. The van der Waals surface area contributed by atoms with Gasteiger partial charge in [-0.2, -0.15) is 16.8 Å². The molecule has 2 N–H and O–H groups in total. The molecule has 2 atom stereocenters. The summed E-state index contributed by atoms with van der Waals surface area (Å²) in [4.78, 5) is 44.2. The number of hydroxylamine groups is 2. The van der Waals surface area contributed by atoms with Crippen LogP contribution in [0.2, 0.25) is 0 Å². The van der Waals surface area contributed by atoms with E-state index in [2.05, 4.69) is 10.6 Å². The van der Waals surface area contributed by atoms with Gasteiger partial charge in [0.1, 0.15) is 23.8 Å². The predicted octanol–water partition coefficient (Wildman–Crippen LogP) is 3.67. The Morgan fingerprint density at radius 3 is 2.49 bits per heavy atom. The molecule has 204 valence electrons. The standard InChI is InChI=1S/C28H41N3O5S/c1-28(2,3)36-31-15-14-22(17-32)25(31)27(34)30-24(19-37-18-21-8-6-5-7-9-21)26(33)29-16-20-10-12-23(35-4)13-11-20/h10-13,21,24-25H,5-9,14-16,18-19H2,1-4H3,(H,29,33)(H,30,34)/t24-,25-/m0/s1. The van der Waals surface area contributed by atoms with Crippen molar-refractivity contribution in [1.29, 1.82) is 0 Å². The van der Waals surface area contributed by atoms with Crippen LogP contribution in [0, 0.1) is 5.92 Å². The number of nitrogens with zero attached hydrogens (tertiary/aromatic N) is 1. The third-order valence-electron chi connectivity index (χ3n) is 6.61. The first-order valence-corrected chi connectivity index (χ1v) is 14.3. The lowest BCUT2D eigenvalue weighted by Gasteiger charge is -2.31. The van der Waals surface area contributed by atoms with Crippen molar-refractivity contribution in [3.05, 3.63) is 35.4 Å². The molecule has 0 bridgehead atoms. The zero-order chi connectivity index (χ0) is 26.8. The fourth-order valence-corrected chi connectivity index (χ4v) is 5.99. The Hall–Kier alpha value is -2.32. The molecule has 1 heterocycles. The van der Waals surface area contributed by atoms with Crippen LogP contribution in [0.3, 0.4) is 0 Å². The number of rotatable bonds is 11. The van der Waals surface area contributed by atoms with Gasteiger partial charge in [0, 0.05) is 24.4 Å². The minimum atomic E-state index is -0.892. The lowest BCUT2D eigenvalue weighted by Crippen LogP contribution is -2.54. The third-order valence-corrected chi connectivity index (χ3v) is 7.89. The molecule has 0 unspecified atom stereocenters. The van der Waals surface area contributed by atoms with Crippen LogP contribution in [0.25, 0.3) is 0 Å².